The van der Waals surface area contributed by atoms with Gasteiger partial charge in [0.2, 0.25) is 11.8 Å². The first kappa shape index (κ1) is 13.9. The zero-order valence-electron chi connectivity index (χ0n) is 12.2. The van der Waals surface area contributed by atoms with Gasteiger partial charge in [-0.1, -0.05) is 6.92 Å². The zero-order chi connectivity index (χ0) is 14.1. The Bertz CT molecular complexity index is 395. The summed E-state index contributed by atoms with van der Waals surface area (Å²) in [6.45, 7) is 4.40. The lowest BCUT2D eigenvalue weighted by atomic mass is 9.91. The third-order valence-electron chi connectivity index (χ3n) is 4.67. The molecule has 5 nitrogen and oxygen atoms in total. The van der Waals surface area contributed by atoms with E-state index in [0.717, 1.165) is 32.4 Å². The molecule has 2 atom stereocenters. The minimum atomic E-state index is -0.0533. The second-order valence-electron chi connectivity index (χ2n) is 6.30. The Labute approximate surface area is 120 Å². The van der Waals surface area contributed by atoms with E-state index in [9.17, 15) is 9.59 Å². The molecule has 2 heterocycles. The number of carbonyl (C=O) groups excluding carboxylic acids is 2. The standard InChI is InChI=1S/C15H24N2O3/c1-2-13-12(4-3-7-20-13)15(19)17-9-14(18)16(10-17)8-11-5-6-11/h11-13H,2-10H2,1H3. The maximum atomic E-state index is 12.6. The van der Waals surface area contributed by atoms with Gasteiger partial charge in [-0.15, -0.1) is 0 Å². The highest BCUT2D eigenvalue weighted by Crippen LogP contribution is 2.31. The molecule has 20 heavy (non-hydrogen) atoms. The molecule has 2 saturated heterocycles. The zero-order valence-corrected chi connectivity index (χ0v) is 12.2. The summed E-state index contributed by atoms with van der Waals surface area (Å²) in [5.74, 6) is 0.844. The van der Waals surface area contributed by atoms with E-state index in [1.165, 1.54) is 12.8 Å². The minimum Gasteiger partial charge on any atom is -0.377 e. The Morgan fingerprint density at radius 1 is 1.35 bits per heavy atom. The molecule has 0 aromatic rings. The number of amides is 2. The molecule has 5 heteroatoms. The van der Waals surface area contributed by atoms with E-state index >= 15 is 0 Å². The molecule has 3 rings (SSSR count). The summed E-state index contributed by atoms with van der Waals surface area (Å²) in [7, 11) is 0. The van der Waals surface area contributed by atoms with Crippen LogP contribution in [0.25, 0.3) is 0 Å². The van der Waals surface area contributed by atoms with Gasteiger partial charge in [0.05, 0.1) is 18.7 Å². The van der Waals surface area contributed by atoms with Crippen LogP contribution in [0.2, 0.25) is 0 Å². The Morgan fingerprint density at radius 2 is 2.15 bits per heavy atom. The first-order valence-electron chi connectivity index (χ1n) is 7.87. The van der Waals surface area contributed by atoms with Crippen LogP contribution in [-0.4, -0.2) is 54.1 Å². The van der Waals surface area contributed by atoms with Gasteiger partial charge >= 0.3 is 0 Å². The molecule has 0 aromatic carbocycles. The van der Waals surface area contributed by atoms with E-state index in [1.54, 1.807) is 4.90 Å². The molecule has 3 aliphatic rings. The van der Waals surface area contributed by atoms with Crippen LogP contribution in [0.5, 0.6) is 0 Å². The van der Waals surface area contributed by atoms with Crippen LogP contribution in [-0.2, 0) is 14.3 Å². The maximum Gasteiger partial charge on any atom is 0.243 e. The highest BCUT2D eigenvalue weighted by Gasteiger charge is 2.39. The third kappa shape index (κ3) is 2.82. The quantitative estimate of drug-likeness (QED) is 0.778. The molecule has 1 aliphatic carbocycles. The highest BCUT2D eigenvalue weighted by molar-refractivity contribution is 5.89. The number of ether oxygens (including phenoxy) is 1. The second-order valence-corrected chi connectivity index (χ2v) is 6.30. The third-order valence-corrected chi connectivity index (χ3v) is 4.67. The molecule has 0 spiro atoms. The Kier molecular flexibility index (Phi) is 3.96. The van der Waals surface area contributed by atoms with E-state index in [0.29, 0.717) is 12.6 Å². The first-order valence-corrected chi connectivity index (χ1v) is 7.87. The molecule has 0 bridgehead atoms. The van der Waals surface area contributed by atoms with E-state index < -0.39 is 0 Å². The van der Waals surface area contributed by atoms with Crippen molar-refractivity contribution in [2.24, 2.45) is 11.8 Å². The van der Waals surface area contributed by atoms with Crippen molar-refractivity contribution in [2.45, 2.75) is 45.1 Å². The molecular formula is C15H24N2O3. The summed E-state index contributed by atoms with van der Waals surface area (Å²) >= 11 is 0. The van der Waals surface area contributed by atoms with Gasteiger partial charge in [0.1, 0.15) is 6.54 Å². The summed E-state index contributed by atoms with van der Waals surface area (Å²) in [4.78, 5) is 28.2. The van der Waals surface area contributed by atoms with Crippen LogP contribution in [0.15, 0.2) is 0 Å². The van der Waals surface area contributed by atoms with Crippen LogP contribution < -0.4 is 0 Å². The van der Waals surface area contributed by atoms with Crippen LogP contribution in [0.3, 0.4) is 0 Å². The summed E-state index contributed by atoms with van der Waals surface area (Å²) in [6.07, 6.45) is 5.19. The number of carbonyl (C=O) groups is 2. The summed E-state index contributed by atoms with van der Waals surface area (Å²) < 4.78 is 5.70. The molecular weight excluding hydrogens is 256 g/mol. The van der Waals surface area contributed by atoms with E-state index in [2.05, 4.69) is 6.92 Å². The van der Waals surface area contributed by atoms with Gasteiger partial charge in [-0.05, 0) is 38.0 Å². The average Bonchev–Trinajstić information content (AvgIpc) is 3.21. The van der Waals surface area contributed by atoms with Crippen molar-refractivity contribution >= 4 is 11.8 Å². The molecule has 2 aliphatic heterocycles. The van der Waals surface area contributed by atoms with E-state index in [1.807, 2.05) is 4.90 Å². The van der Waals surface area contributed by atoms with Crippen LogP contribution >= 0.6 is 0 Å². The Morgan fingerprint density at radius 3 is 2.85 bits per heavy atom. The lowest BCUT2D eigenvalue weighted by molar-refractivity contribution is -0.145. The van der Waals surface area contributed by atoms with Gasteiger partial charge in [0, 0.05) is 13.2 Å². The predicted molar refractivity (Wildman–Crippen MR) is 73.8 cm³/mol. The van der Waals surface area contributed by atoms with Gasteiger partial charge in [-0.3, -0.25) is 9.59 Å². The molecule has 2 unspecified atom stereocenters. The molecule has 3 fully saturated rings. The predicted octanol–water partition coefficient (Wildman–Crippen LogP) is 1.23. The minimum absolute atomic E-state index is 0.0313. The van der Waals surface area contributed by atoms with Gasteiger partial charge in [-0.25, -0.2) is 0 Å². The van der Waals surface area contributed by atoms with Crippen molar-refractivity contribution in [2.75, 3.05) is 26.4 Å². The molecule has 112 valence electrons. The fraction of sp³-hybridized carbons (Fsp3) is 0.867. The van der Waals surface area contributed by atoms with Crippen LogP contribution in [0.1, 0.15) is 39.0 Å². The fourth-order valence-corrected chi connectivity index (χ4v) is 3.28. The number of hydrogen-bond donors (Lipinski definition) is 0. The summed E-state index contributed by atoms with van der Waals surface area (Å²) in [6, 6.07) is 0. The number of hydrogen-bond acceptors (Lipinski definition) is 3. The fourth-order valence-electron chi connectivity index (χ4n) is 3.28. The van der Waals surface area contributed by atoms with Gasteiger partial charge in [0.15, 0.2) is 0 Å². The molecule has 1 saturated carbocycles. The Balaban J connectivity index is 1.60. The highest BCUT2D eigenvalue weighted by atomic mass is 16.5. The monoisotopic (exact) mass is 280 g/mol. The number of nitrogens with zero attached hydrogens (tertiary/aromatic N) is 2. The maximum absolute atomic E-state index is 12.6. The summed E-state index contributed by atoms with van der Waals surface area (Å²) in [5, 5.41) is 0. The van der Waals surface area contributed by atoms with Crippen molar-refractivity contribution in [1.29, 1.82) is 0 Å². The van der Waals surface area contributed by atoms with E-state index in [4.69, 9.17) is 4.74 Å². The number of rotatable bonds is 4. The van der Waals surface area contributed by atoms with Crippen LogP contribution in [0, 0.1) is 11.8 Å². The molecule has 0 radical (unpaired) electrons. The van der Waals surface area contributed by atoms with Crippen molar-refractivity contribution in [3.63, 3.8) is 0 Å². The first-order chi connectivity index (χ1) is 9.69. The second kappa shape index (κ2) is 5.72. The van der Waals surface area contributed by atoms with Crippen LogP contribution in [0.4, 0.5) is 0 Å². The smallest absolute Gasteiger partial charge is 0.243 e. The van der Waals surface area contributed by atoms with Crippen molar-refractivity contribution < 1.29 is 14.3 Å². The molecule has 2 amide bonds. The molecule has 0 aromatic heterocycles. The topological polar surface area (TPSA) is 49.9 Å². The van der Waals surface area contributed by atoms with Crippen molar-refractivity contribution in [1.82, 2.24) is 9.80 Å². The summed E-state index contributed by atoms with van der Waals surface area (Å²) in [5.41, 5.74) is 0. The lowest BCUT2D eigenvalue weighted by Gasteiger charge is -2.32. The lowest BCUT2D eigenvalue weighted by Crippen LogP contribution is -2.43. The normalized spacial score (nSPS) is 30.9. The largest absolute Gasteiger partial charge is 0.377 e. The Hall–Kier alpha value is -1.10. The van der Waals surface area contributed by atoms with E-state index in [-0.39, 0.29) is 30.4 Å². The average molecular weight is 280 g/mol. The van der Waals surface area contributed by atoms with Gasteiger partial charge in [-0.2, -0.15) is 0 Å². The SMILES string of the molecule is CCC1OCCCC1C(=O)N1CC(=O)N(CC2CC2)C1. The van der Waals surface area contributed by atoms with Gasteiger partial charge < -0.3 is 14.5 Å². The van der Waals surface area contributed by atoms with Crippen molar-refractivity contribution in [3.8, 4) is 0 Å². The van der Waals surface area contributed by atoms with Gasteiger partial charge in [0.25, 0.3) is 0 Å². The molecule has 0 N–H and O–H groups in total. The van der Waals surface area contributed by atoms with Crippen molar-refractivity contribution in [3.05, 3.63) is 0 Å².